The lowest BCUT2D eigenvalue weighted by Gasteiger charge is -2.08. The molecule has 5 heteroatoms. The van der Waals surface area contributed by atoms with Crippen LogP contribution in [-0.2, 0) is 11.4 Å². The van der Waals surface area contributed by atoms with Gasteiger partial charge in [0.2, 0.25) is 0 Å². The molecule has 0 aliphatic rings. The largest absolute Gasteiger partial charge is 0.486 e. The SMILES string of the molecule is O=C(O)/C=C/c1cccc(COc2cccc(Cl)c2F)c1. The van der Waals surface area contributed by atoms with Gasteiger partial charge in [-0.15, -0.1) is 0 Å². The topological polar surface area (TPSA) is 46.5 Å². The van der Waals surface area contributed by atoms with Crippen LogP contribution in [0.1, 0.15) is 11.1 Å². The average molecular weight is 307 g/mol. The number of benzene rings is 2. The summed E-state index contributed by atoms with van der Waals surface area (Å²) in [5.41, 5.74) is 1.52. The summed E-state index contributed by atoms with van der Waals surface area (Å²) in [6.45, 7) is 0.159. The number of carboxylic acids is 1. The molecule has 0 saturated heterocycles. The van der Waals surface area contributed by atoms with Crippen LogP contribution < -0.4 is 4.74 Å². The van der Waals surface area contributed by atoms with Crippen LogP contribution in [0, 0.1) is 5.82 Å². The molecule has 0 unspecified atom stereocenters. The van der Waals surface area contributed by atoms with E-state index in [0.717, 1.165) is 17.2 Å². The first-order valence-corrected chi connectivity index (χ1v) is 6.51. The zero-order chi connectivity index (χ0) is 15.2. The molecule has 21 heavy (non-hydrogen) atoms. The first kappa shape index (κ1) is 15.1. The van der Waals surface area contributed by atoms with Crippen LogP contribution >= 0.6 is 11.6 Å². The Bertz CT molecular complexity index is 683. The Morgan fingerprint density at radius 1 is 1.29 bits per heavy atom. The van der Waals surface area contributed by atoms with E-state index in [2.05, 4.69) is 0 Å². The van der Waals surface area contributed by atoms with Gasteiger partial charge in [0, 0.05) is 6.08 Å². The Hall–Kier alpha value is -2.33. The first-order chi connectivity index (χ1) is 10.1. The molecule has 0 radical (unpaired) electrons. The number of hydrogen-bond donors (Lipinski definition) is 1. The third kappa shape index (κ3) is 4.33. The van der Waals surface area contributed by atoms with Crippen LogP contribution in [0.4, 0.5) is 4.39 Å². The third-order valence-corrected chi connectivity index (χ3v) is 2.97. The van der Waals surface area contributed by atoms with E-state index in [-0.39, 0.29) is 17.4 Å². The Morgan fingerprint density at radius 2 is 2.05 bits per heavy atom. The van der Waals surface area contributed by atoms with Gasteiger partial charge in [-0.2, -0.15) is 0 Å². The second-order valence-electron chi connectivity index (χ2n) is 4.26. The van der Waals surface area contributed by atoms with Crippen LogP contribution in [0.15, 0.2) is 48.5 Å². The summed E-state index contributed by atoms with van der Waals surface area (Å²) < 4.78 is 19.0. The standard InChI is InChI=1S/C16H12ClFO3/c17-13-5-2-6-14(16(13)18)21-10-12-4-1-3-11(9-12)7-8-15(19)20/h1-9H,10H2,(H,19,20)/b8-7+. The maximum atomic E-state index is 13.7. The van der Waals surface area contributed by atoms with E-state index in [9.17, 15) is 9.18 Å². The van der Waals surface area contributed by atoms with Crippen LogP contribution in [0.3, 0.4) is 0 Å². The second kappa shape index (κ2) is 6.90. The molecular weight excluding hydrogens is 295 g/mol. The molecule has 0 saturated carbocycles. The molecule has 0 aromatic heterocycles. The van der Waals surface area contributed by atoms with Crippen molar-refractivity contribution >= 4 is 23.6 Å². The molecule has 0 amide bonds. The first-order valence-electron chi connectivity index (χ1n) is 6.13. The molecule has 108 valence electrons. The van der Waals surface area contributed by atoms with Crippen molar-refractivity contribution in [3.8, 4) is 5.75 Å². The molecule has 0 fully saturated rings. The summed E-state index contributed by atoms with van der Waals surface area (Å²) in [7, 11) is 0. The molecular formula is C16H12ClFO3. The van der Waals surface area contributed by atoms with Gasteiger partial charge in [0.15, 0.2) is 11.6 Å². The van der Waals surface area contributed by atoms with Gasteiger partial charge >= 0.3 is 5.97 Å². The molecule has 1 N–H and O–H groups in total. The summed E-state index contributed by atoms with van der Waals surface area (Å²) in [6.07, 6.45) is 2.53. The molecule has 0 spiro atoms. The lowest BCUT2D eigenvalue weighted by atomic mass is 10.1. The van der Waals surface area contributed by atoms with Crippen molar-refractivity contribution in [3.63, 3.8) is 0 Å². The fourth-order valence-corrected chi connectivity index (χ4v) is 1.88. The van der Waals surface area contributed by atoms with E-state index < -0.39 is 11.8 Å². The van der Waals surface area contributed by atoms with Gasteiger partial charge in [-0.05, 0) is 35.4 Å². The number of carbonyl (C=O) groups is 1. The Labute approximate surface area is 126 Å². The van der Waals surface area contributed by atoms with E-state index in [1.807, 2.05) is 0 Å². The highest BCUT2D eigenvalue weighted by molar-refractivity contribution is 6.30. The minimum atomic E-state index is -1.02. The van der Waals surface area contributed by atoms with Crippen molar-refractivity contribution in [1.29, 1.82) is 0 Å². The number of hydrogen-bond acceptors (Lipinski definition) is 2. The Balaban J connectivity index is 2.08. The fraction of sp³-hybridized carbons (Fsp3) is 0.0625. The summed E-state index contributed by atoms with van der Waals surface area (Å²) in [4.78, 5) is 10.5. The van der Waals surface area contributed by atoms with E-state index in [4.69, 9.17) is 21.4 Å². The monoisotopic (exact) mass is 306 g/mol. The van der Waals surface area contributed by atoms with Crippen LogP contribution in [0.25, 0.3) is 6.08 Å². The van der Waals surface area contributed by atoms with E-state index in [1.54, 1.807) is 30.3 Å². The Kier molecular flexibility index (Phi) is 4.95. The van der Waals surface area contributed by atoms with Gasteiger partial charge in [0.05, 0.1) is 5.02 Å². The second-order valence-corrected chi connectivity index (χ2v) is 4.66. The van der Waals surface area contributed by atoms with Crippen molar-refractivity contribution in [3.05, 3.63) is 70.5 Å². The molecule has 3 nitrogen and oxygen atoms in total. The molecule has 2 aromatic carbocycles. The predicted molar refractivity (Wildman–Crippen MR) is 78.9 cm³/mol. The van der Waals surface area contributed by atoms with Gasteiger partial charge in [-0.3, -0.25) is 0 Å². The molecule has 2 aromatic rings. The zero-order valence-corrected chi connectivity index (χ0v) is 11.7. The minimum Gasteiger partial charge on any atom is -0.486 e. The summed E-state index contributed by atoms with van der Waals surface area (Å²) in [5, 5.41) is 8.59. The molecule has 0 aliphatic heterocycles. The predicted octanol–water partition coefficient (Wildman–Crippen LogP) is 4.16. The molecule has 0 bridgehead atoms. The number of ether oxygens (including phenoxy) is 1. The summed E-state index contributed by atoms with van der Waals surface area (Å²) in [5.74, 6) is -1.53. The summed E-state index contributed by atoms with van der Waals surface area (Å²) in [6, 6.07) is 11.7. The normalized spacial score (nSPS) is 10.8. The lowest BCUT2D eigenvalue weighted by molar-refractivity contribution is -0.131. The molecule has 2 rings (SSSR count). The van der Waals surface area contributed by atoms with Crippen LogP contribution in [0.2, 0.25) is 5.02 Å². The van der Waals surface area contributed by atoms with Gasteiger partial charge in [0.25, 0.3) is 0 Å². The quantitative estimate of drug-likeness (QED) is 0.844. The van der Waals surface area contributed by atoms with Crippen molar-refractivity contribution in [2.75, 3.05) is 0 Å². The molecule has 0 aliphatic carbocycles. The third-order valence-electron chi connectivity index (χ3n) is 2.68. The molecule has 0 atom stereocenters. The van der Waals surface area contributed by atoms with Gasteiger partial charge < -0.3 is 9.84 Å². The fourth-order valence-electron chi connectivity index (χ4n) is 1.71. The maximum Gasteiger partial charge on any atom is 0.328 e. The van der Waals surface area contributed by atoms with Crippen LogP contribution in [-0.4, -0.2) is 11.1 Å². The van der Waals surface area contributed by atoms with E-state index in [0.29, 0.717) is 0 Å². The smallest absolute Gasteiger partial charge is 0.328 e. The number of aliphatic carboxylic acids is 1. The minimum absolute atomic E-state index is 0.00522. The van der Waals surface area contributed by atoms with Crippen molar-refractivity contribution in [1.82, 2.24) is 0 Å². The number of rotatable bonds is 5. The highest BCUT2D eigenvalue weighted by Gasteiger charge is 2.07. The maximum absolute atomic E-state index is 13.7. The zero-order valence-electron chi connectivity index (χ0n) is 10.9. The van der Waals surface area contributed by atoms with Gasteiger partial charge in [-0.25, -0.2) is 9.18 Å². The highest BCUT2D eigenvalue weighted by atomic mass is 35.5. The van der Waals surface area contributed by atoms with E-state index in [1.165, 1.54) is 18.2 Å². The number of halogens is 2. The number of carboxylic acid groups (broad SMARTS) is 1. The molecule has 0 heterocycles. The Morgan fingerprint density at radius 3 is 2.81 bits per heavy atom. The lowest BCUT2D eigenvalue weighted by Crippen LogP contribution is -1.98. The average Bonchev–Trinajstić information content (AvgIpc) is 2.47. The summed E-state index contributed by atoms with van der Waals surface area (Å²) >= 11 is 5.67. The van der Waals surface area contributed by atoms with Crippen molar-refractivity contribution in [2.45, 2.75) is 6.61 Å². The van der Waals surface area contributed by atoms with Crippen molar-refractivity contribution in [2.24, 2.45) is 0 Å². The van der Waals surface area contributed by atoms with Gasteiger partial charge in [0.1, 0.15) is 6.61 Å². The highest BCUT2D eigenvalue weighted by Crippen LogP contribution is 2.24. The van der Waals surface area contributed by atoms with Crippen LogP contribution in [0.5, 0.6) is 5.75 Å². The van der Waals surface area contributed by atoms with Gasteiger partial charge in [-0.1, -0.05) is 35.9 Å². The van der Waals surface area contributed by atoms with E-state index >= 15 is 0 Å². The van der Waals surface area contributed by atoms with Crippen molar-refractivity contribution < 1.29 is 19.0 Å².